The number of aliphatic imine (C=N–C) groups is 1. The Morgan fingerprint density at radius 1 is 1.24 bits per heavy atom. The number of nitrogens with zero attached hydrogens (tertiary/aromatic N) is 2. The van der Waals surface area contributed by atoms with Gasteiger partial charge in [0, 0.05) is 18.1 Å². The number of hydrogen-bond acceptors (Lipinski definition) is 10. The highest BCUT2D eigenvalue weighted by atomic mass is 32.2. The largest absolute Gasteiger partial charge is 0.456 e. The molecule has 0 saturated carbocycles. The summed E-state index contributed by atoms with van der Waals surface area (Å²) in [4.78, 5) is 57.2. The number of esters is 1. The van der Waals surface area contributed by atoms with Gasteiger partial charge in [0.15, 0.2) is 5.12 Å². The summed E-state index contributed by atoms with van der Waals surface area (Å²) in [6.45, 7) is 11.5. The predicted octanol–water partition coefficient (Wildman–Crippen LogP) is 2.97. The molecule has 12 heteroatoms. The zero-order valence-electron chi connectivity index (χ0n) is 22.5. The third-order valence-electron chi connectivity index (χ3n) is 4.68. The number of carbonyl (C=O) groups excluding carboxylic acids is 4. The number of amides is 2. The van der Waals surface area contributed by atoms with Crippen molar-refractivity contribution in [3.05, 3.63) is 28.2 Å². The SMILES string of the molecule is CC.CC(=O)SCC/C=C/C1CC(=O)NCc2nc(cs2)C2=NCC(C)(N2)C(=O)NCC(=O)O1.CCC. The monoisotopic (exact) mass is 553 g/mol. The molecule has 2 aliphatic rings. The van der Waals surface area contributed by atoms with E-state index in [2.05, 4.69) is 39.8 Å². The number of fused-ring (bicyclic) bond motifs is 5. The second kappa shape index (κ2) is 16.9. The highest BCUT2D eigenvalue weighted by molar-refractivity contribution is 8.13. The molecular weight excluding hydrogens is 514 g/mol. The van der Waals surface area contributed by atoms with Crippen molar-refractivity contribution in [1.82, 2.24) is 20.9 Å². The molecule has 206 valence electrons. The van der Waals surface area contributed by atoms with Crippen molar-refractivity contribution < 1.29 is 23.9 Å². The van der Waals surface area contributed by atoms with Crippen LogP contribution in [-0.2, 0) is 30.5 Å². The van der Waals surface area contributed by atoms with Crippen LogP contribution in [0.2, 0.25) is 0 Å². The molecule has 3 N–H and O–H groups in total. The van der Waals surface area contributed by atoms with E-state index in [0.717, 1.165) is 0 Å². The Hall–Kier alpha value is -2.73. The molecular formula is C25H39N5O5S2. The summed E-state index contributed by atoms with van der Waals surface area (Å²) in [6, 6.07) is 0. The van der Waals surface area contributed by atoms with Gasteiger partial charge in [-0.25, -0.2) is 4.98 Å². The van der Waals surface area contributed by atoms with Crippen molar-refractivity contribution >= 4 is 51.8 Å². The summed E-state index contributed by atoms with van der Waals surface area (Å²) in [7, 11) is 0. The van der Waals surface area contributed by atoms with Crippen molar-refractivity contribution in [3.8, 4) is 0 Å². The van der Waals surface area contributed by atoms with Gasteiger partial charge in [-0.3, -0.25) is 24.2 Å². The first kappa shape index (κ1) is 32.3. The molecule has 0 saturated heterocycles. The summed E-state index contributed by atoms with van der Waals surface area (Å²) in [5, 5.41) is 11.0. The average Bonchev–Trinajstić information content (AvgIpc) is 3.49. The van der Waals surface area contributed by atoms with Crippen LogP contribution in [0.1, 0.15) is 71.5 Å². The van der Waals surface area contributed by atoms with Crippen LogP contribution in [0.25, 0.3) is 0 Å². The van der Waals surface area contributed by atoms with Crippen molar-refractivity contribution in [2.45, 2.75) is 79.0 Å². The van der Waals surface area contributed by atoms with Gasteiger partial charge in [0.1, 0.15) is 34.7 Å². The molecule has 0 radical (unpaired) electrons. The number of allylic oxidation sites excluding steroid dienone is 1. The maximum atomic E-state index is 12.6. The molecule has 1 aromatic rings. The molecule has 0 aliphatic carbocycles. The van der Waals surface area contributed by atoms with Crippen LogP contribution < -0.4 is 16.0 Å². The van der Waals surface area contributed by atoms with Crippen LogP contribution in [0.3, 0.4) is 0 Å². The molecule has 0 fully saturated rings. The van der Waals surface area contributed by atoms with E-state index in [9.17, 15) is 19.2 Å². The summed E-state index contributed by atoms with van der Waals surface area (Å²) in [5.41, 5.74) is -0.398. The highest BCUT2D eigenvalue weighted by Crippen LogP contribution is 2.18. The number of rotatable bonds is 4. The summed E-state index contributed by atoms with van der Waals surface area (Å²) in [6.07, 6.45) is 4.38. The van der Waals surface area contributed by atoms with Crippen molar-refractivity contribution in [3.63, 3.8) is 0 Å². The molecule has 2 amide bonds. The molecule has 3 heterocycles. The first-order valence-corrected chi connectivity index (χ1v) is 14.3. The molecule has 0 spiro atoms. The Balaban J connectivity index is 0.00000127. The third-order valence-corrected chi connectivity index (χ3v) is 6.38. The average molecular weight is 554 g/mol. The number of ether oxygens (including phenoxy) is 1. The maximum absolute atomic E-state index is 12.6. The van der Waals surface area contributed by atoms with Crippen LogP contribution in [0, 0.1) is 0 Å². The molecule has 3 rings (SSSR count). The van der Waals surface area contributed by atoms with Crippen LogP contribution >= 0.6 is 23.1 Å². The Morgan fingerprint density at radius 3 is 2.62 bits per heavy atom. The second-order valence-electron chi connectivity index (χ2n) is 8.20. The van der Waals surface area contributed by atoms with Gasteiger partial charge >= 0.3 is 5.97 Å². The quantitative estimate of drug-likeness (QED) is 0.294. The molecule has 2 unspecified atom stereocenters. The molecule has 10 nitrogen and oxygen atoms in total. The minimum Gasteiger partial charge on any atom is -0.456 e. The van der Waals surface area contributed by atoms with Gasteiger partial charge in [0.05, 0.1) is 19.5 Å². The lowest BCUT2D eigenvalue weighted by atomic mass is 10.0. The molecule has 37 heavy (non-hydrogen) atoms. The van der Waals surface area contributed by atoms with E-state index in [-0.39, 0.29) is 43.0 Å². The number of amidine groups is 1. The Morgan fingerprint density at radius 2 is 1.95 bits per heavy atom. The lowest BCUT2D eigenvalue weighted by Crippen LogP contribution is -2.56. The van der Waals surface area contributed by atoms with Gasteiger partial charge in [-0.15, -0.1) is 11.3 Å². The van der Waals surface area contributed by atoms with E-state index in [1.807, 2.05) is 19.2 Å². The summed E-state index contributed by atoms with van der Waals surface area (Å²) >= 11 is 2.57. The third kappa shape index (κ3) is 11.5. The van der Waals surface area contributed by atoms with E-state index in [4.69, 9.17) is 4.74 Å². The first-order chi connectivity index (χ1) is 17.7. The van der Waals surface area contributed by atoms with Crippen LogP contribution in [0.4, 0.5) is 0 Å². The molecule has 0 aromatic carbocycles. The number of thiazole rings is 1. The van der Waals surface area contributed by atoms with Gasteiger partial charge in [-0.1, -0.05) is 52.0 Å². The second-order valence-corrected chi connectivity index (χ2v) is 10.4. The number of aromatic nitrogens is 1. The number of carbonyl (C=O) groups is 4. The van der Waals surface area contributed by atoms with Gasteiger partial charge in [-0.05, 0) is 19.4 Å². The predicted molar refractivity (Wildman–Crippen MR) is 149 cm³/mol. The maximum Gasteiger partial charge on any atom is 0.326 e. The Labute approximate surface area is 227 Å². The number of nitrogens with one attached hydrogen (secondary N) is 3. The van der Waals surface area contributed by atoms with Gasteiger partial charge in [0.2, 0.25) is 11.8 Å². The number of hydrogen-bond donors (Lipinski definition) is 3. The van der Waals surface area contributed by atoms with Crippen LogP contribution in [0.5, 0.6) is 0 Å². The van der Waals surface area contributed by atoms with Gasteiger partial charge in [0.25, 0.3) is 0 Å². The van der Waals surface area contributed by atoms with Gasteiger partial charge < -0.3 is 20.7 Å². The fourth-order valence-corrected chi connectivity index (χ4v) is 4.27. The molecule has 4 bridgehead atoms. The molecule has 1 aromatic heterocycles. The zero-order valence-corrected chi connectivity index (χ0v) is 24.1. The Bertz CT molecular complexity index is 978. The normalized spacial score (nSPS) is 21.7. The van der Waals surface area contributed by atoms with E-state index < -0.39 is 17.6 Å². The number of thioether (sulfide) groups is 1. The fraction of sp³-hybridized carbons (Fsp3) is 0.600. The smallest absolute Gasteiger partial charge is 0.326 e. The topological polar surface area (TPSA) is 139 Å². The number of cyclic esters (lactones) is 1. The summed E-state index contributed by atoms with van der Waals surface area (Å²) in [5.74, 6) is -0.253. The van der Waals surface area contributed by atoms with Gasteiger partial charge in [-0.2, -0.15) is 0 Å². The molecule has 2 aliphatic heterocycles. The Kier molecular flexibility index (Phi) is 14.8. The van der Waals surface area contributed by atoms with Crippen molar-refractivity contribution in [1.29, 1.82) is 0 Å². The lowest BCUT2D eigenvalue weighted by molar-refractivity contribution is -0.148. The minimum atomic E-state index is -1.00. The highest BCUT2D eigenvalue weighted by Gasteiger charge is 2.39. The minimum absolute atomic E-state index is 0.0259. The lowest BCUT2D eigenvalue weighted by Gasteiger charge is -2.23. The fourth-order valence-electron chi connectivity index (χ4n) is 3.01. The van der Waals surface area contributed by atoms with E-state index in [1.165, 1.54) is 36.4 Å². The van der Waals surface area contributed by atoms with E-state index >= 15 is 0 Å². The van der Waals surface area contributed by atoms with Crippen molar-refractivity contribution in [2.24, 2.45) is 4.99 Å². The molecule has 2 atom stereocenters. The first-order valence-electron chi connectivity index (χ1n) is 12.5. The van der Waals surface area contributed by atoms with Crippen LogP contribution in [-0.4, -0.2) is 64.2 Å². The standard InChI is InChI=1S/C20H25N5O5S2.C3H8.C2H6/c1-12(26)31-6-4-3-5-13-7-15(27)21-8-16-24-14(10-32-16)18-23-11-20(2,25-18)19(29)22-9-17(28)30-13;1-3-2;1-2/h3,5,10,13H,4,6-9,11H2,1-2H3,(H,21,27)(H,22,29)(H,23,25);3H2,1-2H3;1-2H3/b5-3+;;. The zero-order chi connectivity index (χ0) is 27.8. The van der Waals surface area contributed by atoms with E-state index in [0.29, 0.717) is 28.7 Å². The van der Waals surface area contributed by atoms with Crippen LogP contribution in [0.15, 0.2) is 22.5 Å². The summed E-state index contributed by atoms with van der Waals surface area (Å²) < 4.78 is 5.40. The van der Waals surface area contributed by atoms with E-state index in [1.54, 1.807) is 19.1 Å². The van der Waals surface area contributed by atoms with Crippen molar-refractivity contribution in [2.75, 3.05) is 18.8 Å².